The summed E-state index contributed by atoms with van der Waals surface area (Å²) < 4.78 is 11.5. The Morgan fingerprint density at radius 1 is 0.379 bits per heavy atom. The summed E-state index contributed by atoms with van der Waals surface area (Å²) in [6, 6.07) is 40.8. The van der Waals surface area contributed by atoms with Gasteiger partial charge in [-0.05, 0) is 223 Å². The number of β-lactam (4-membered cyclic amide) rings is 4. The Hall–Kier alpha value is -15.3. The number of pyridine rings is 6. The van der Waals surface area contributed by atoms with E-state index in [4.69, 9.17) is 22.9 Å². The van der Waals surface area contributed by atoms with Gasteiger partial charge in [-0.15, -0.1) is 0 Å². The lowest BCUT2D eigenvalue weighted by atomic mass is 9.80. The maximum atomic E-state index is 13.6. The molecule has 4 aliphatic heterocycles. The number of carbonyl (C=O) groups excluding carboxylic acids is 12. The van der Waals surface area contributed by atoms with Gasteiger partial charge in [-0.2, -0.15) is 18.9 Å². The number of hydrogen-bond acceptors (Lipinski definition) is 28. The van der Waals surface area contributed by atoms with Crippen LogP contribution in [-0.2, 0) is 97.3 Å². The predicted octanol–water partition coefficient (Wildman–Crippen LogP) is 11.0. The number of anilines is 8. The largest absolute Gasteiger partial charge is 0.384 e. The van der Waals surface area contributed by atoms with Crippen molar-refractivity contribution in [2.75, 3.05) is 70.7 Å². The van der Waals surface area contributed by atoms with Crippen molar-refractivity contribution < 1.29 is 57.5 Å². The second-order valence-electron chi connectivity index (χ2n) is 35.4. The molecule has 0 spiro atoms. The molecule has 4 saturated heterocycles. The summed E-state index contributed by atoms with van der Waals surface area (Å²) in [6.45, 7) is 11.8. The van der Waals surface area contributed by atoms with Crippen LogP contribution in [0.25, 0.3) is 0 Å². The fourth-order valence-corrected chi connectivity index (χ4v) is 19.1. The van der Waals surface area contributed by atoms with E-state index >= 15 is 0 Å². The topological polar surface area (TPSA) is 474 Å². The third-order valence-electron chi connectivity index (χ3n) is 26.2. The number of amides is 12. The molecular formula is C102H116N24O12S2. The standard InChI is InChI=1S/2C26H31N7O3.2C25H27N5O3S/c1-5-18(19-7-6-16(2)29-15-19)14-23(34)33-24(26(36)32(4)22-9-11-31(3)30-22)20(25(33)35)12-17-8-10-28-21(27)13-17;1-5-18(19-7-6-16(2)29-13-19)12-23(34)33-24(26(36)32(4)20-14-30-31(3)15-20)21(25(33)35)10-17-8-9-28-22(27)11-17;1-3-17(18-7-5-4-6-8-18)15-22(31)30-23(25(33)29(2)21-10-12-34-28-21)19(24(30)32)13-16-9-11-27-20(26)14-16;1-3-17(18-7-5-4-6-8-18)13-22(31)30-23(25(33)29(2)19-14-28-34-15-19)20(24(30)32)11-16-9-10-27-21(26)12-16/h6-11,13,15,18,20,24H,5,12,14H2,1-4H3,(H2,27,28);6-9,11,13-15,18,21,24H,5,10,12H2,1-4H3,(H2,27,28);4-12,14,17,19,23H,3,13,15H2,1-2H3,(H2,26,27);4-10,12,14-15,17,20,23H,3,11,13H2,1-2H3,(H2,26,27)/t18-,20+,24-;18-,21+,24-;17-,19+,23-;17-,20+,23-/m0000/s1. The summed E-state index contributed by atoms with van der Waals surface area (Å²) in [5, 5.41) is 11.9. The van der Waals surface area contributed by atoms with Gasteiger partial charge >= 0.3 is 0 Å². The number of aromatic nitrogens is 12. The summed E-state index contributed by atoms with van der Waals surface area (Å²) >= 11 is 2.46. The Bertz CT molecular complexity index is 6030. The van der Waals surface area contributed by atoms with Crippen molar-refractivity contribution in [3.63, 3.8) is 0 Å². The number of likely N-dealkylation sites (N-methyl/N-ethyl adjacent to an activating group) is 4. The Morgan fingerprint density at radius 2 is 0.721 bits per heavy atom. The molecule has 12 atom stereocenters. The van der Waals surface area contributed by atoms with E-state index in [0.29, 0.717) is 72.0 Å². The van der Waals surface area contributed by atoms with E-state index in [-0.39, 0.29) is 133 Å². The quantitative estimate of drug-likeness (QED) is 0.0284. The molecule has 12 aromatic rings. The number of nitrogens with two attached hydrogens (primary N) is 4. The van der Waals surface area contributed by atoms with Gasteiger partial charge in [-0.25, -0.2) is 19.9 Å². The Kier molecular flexibility index (Phi) is 33.7. The summed E-state index contributed by atoms with van der Waals surface area (Å²) in [5.41, 5.74) is 33.3. The van der Waals surface area contributed by atoms with Crippen molar-refractivity contribution in [3.05, 3.63) is 274 Å². The number of likely N-dealkylation sites (tertiary alicyclic amines) is 4. The van der Waals surface area contributed by atoms with Gasteiger partial charge in [0, 0.05) is 146 Å². The number of nitrogens with zero attached hydrogens (tertiary/aromatic N) is 20. The third-order valence-corrected chi connectivity index (χ3v) is 27.3. The van der Waals surface area contributed by atoms with Crippen LogP contribution in [0.2, 0.25) is 0 Å². The van der Waals surface area contributed by atoms with Crippen molar-refractivity contribution in [1.82, 2.24) is 77.8 Å². The maximum absolute atomic E-state index is 13.6. The first-order valence-electron chi connectivity index (χ1n) is 46.3. The number of carbonyl (C=O) groups is 12. The average molecular weight is 1930 g/mol. The molecule has 4 fully saturated rings. The number of imide groups is 4. The summed E-state index contributed by atoms with van der Waals surface area (Å²) in [7, 11) is 9.99. The number of rotatable bonds is 32. The summed E-state index contributed by atoms with van der Waals surface area (Å²) in [4.78, 5) is 196. The first-order valence-corrected chi connectivity index (χ1v) is 47.9. The van der Waals surface area contributed by atoms with Crippen LogP contribution in [0.15, 0.2) is 218 Å². The van der Waals surface area contributed by atoms with E-state index in [1.807, 2.05) is 126 Å². The van der Waals surface area contributed by atoms with Crippen LogP contribution >= 0.6 is 23.1 Å². The average Bonchev–Trinajstić information content (AvgIpc) is 0.854. The smallest absolute Gasteiger partial charge is 0.252 e. The molecule has 0 bridgehead atoms. The van der Waals surface area contributed by atoms with Crippen molar-refractivity contribution >= 4 is 140 Å². The zero-order chi connectivity index (χ0) is 100. The van der Waals surface area contributed by atoms with E-state index in [2.05, 4.69) is 48.8 Å². The lowest BCUT2D eigenvalue weighted by Gasteiger charge is -2.46. The van der Waals surface area contributed by atoms with Gasteiger partial charge in [0.2, 0.25) is 47.3 Å². The van der Waals surface area contributed by atoms with E-state index in [0.717, 1.165) is 88.3 Å². The molecule has 4 aliphatic rings. The maximum Gasteiger partial charge on any atom is 0.252 e. The second-order valence-corrected chi connectivity index (χ2v) is 36.7. The number of aryl methyl sites for hydroxylation is 4. The van der Waals surface area contributed by atoms with Crippen molar-refractivity contribution in [3.8, 4) is 0 Å². The van der Waals surface area contributed by atoms with Crippen LogP contribution in [0, 0.1) is 37.5 Å². The number of hydrogen-bond donors (Lipinski definition) is 4. The minimum absolute atomic E-state index is 0.0323. The van der Waals surface area contributed by atoms with Crippen molar-refractivity contribution in [2.24, 2.45) is 37.8 Å². The lowest BCUT2D eigenvalue weighted by molar-refractivity contribution is -0.171. The molecule has 12 amide bonds. The molecule has 0 radical (unpaired) electrons. The Balaban J connectivity index is 0.000000157. The molecule has 728 valence electrons. The highest BCUT2D eigenvalue weighted by molar-refractivity contribution is 7.04. The normalized spacial score (nSPS) is 18.1. The van der Waals surface area contributed by atoms with Gasteiger partial charge in [0.25, 0.3) is 23.6 Å². The molecule has 10 aromatic heterocycles. The zero-order valence-corrected chi connectivity index (χ0v) is 81.8. The molecule has 16 rings (SSSR count). The summed E-state index contributed by atoms with van der Waals surface area (Å²) in [5.74, 6) is -4.81. The van der Waals surface area contributed by atoms with Crippen LogP contribution < -0.4 is 42.5 Å². The van der Waals surface area contributed by atoms with Crippen LogP contribution in [-0.4, -0.2) is 201 Å². The molecule has 8 N–H and O–H groups in total. The number of benzene rings is 2. The molecule has 0 saturated carbocycles. The fraction of sp³-hybridized carbons (Fsp3) is 0.353. The van der Waals surface area contributed by atoms with Gasteiger partial charge < -0.3 is 32.7 Å². The SMILES string of the molecule is CC[C@@H](CC(=O)N1C(=O)[C@H](Cc2ccnc(N)c2)[C@H]1C(=O)N(C)c1ccn(C)n1)c1ccc(C)nc1.CC[C@@H](CC(=O)N1C(=O)[C@H](Cc2ccnc(N)c2)[C@H]1C(=O)N(C)c1ccsn1)c1ccccc1.CC[C@@H](CC(=O)N1C(=O)[C@H](Cc2ccnc(N)c2)[C@H]1C(=O)N(C)c1cnn(C)c1)c1ccc(C)nc1.CC[C@@H](CC(=O)N1C(=O)[C@H](Cc2ccnc(N)c2)[C@H]1C(=O)N(C)c1cnsc1)c1ccccc1. The Morgan fingerprint density at radius 3 is 1.01 bits per heavy atom. The van der Waals surface area contributed by atoms with Crippen LogP contribution in [0.5, 0.6) is 0 Å². The highest BCUT2D eigenvalue weighted by Gasteiger charge is 2.59. The summed E-state index contributed by atoms with van der Waals surface area (Å²) in [6.07, 6.45) is 21.0. The van der Waals surface area contributed by atoms with E-state index in [1.165, 1.54) is 42.7 Å². The molecule has 36 nitrogen and oxygen atoms in total. The highest BCUT2D eigenvalue weighted by Crippen LogP contribution is 2.42. The van der Waals surface area contributed by atoms with Crippen molar-refractivity contribution in [2.45, 2.75) is 166 Å². The van der Waals surface area contributed by atoms with E-state index < -0.39 is 47.8 Å². The van der Waals surface area contributed by atoms with Crippen molar-refractivity contribution in [1.29, 1.82) is 0 Å². The van der Waals surface area contributed by atoms with Crippen LogP contribution in [0.4, 0.5) is 46.3 Å². The van der Waals surface area contributed by atoms with Gasteiger partial charge in [0.1, 0.15) is 53.3 Å². The van der Waals surface area contributed by atoms with Gasteiger partial charge in [-0.3, -0.25) is 106 Å². The highest BCUT2D eigenvalue weighted by atomic mass is 32.1. The first-order chi connectivity index (χ1) is 67.2. The predicted molar refractivity (Wildman–Crippen MR) is 532 cm³/mol. The lowest BCUT2D eigenvalue weighted by Crippen LogP contribution is -2.69. The van der Waals surface area contributed by atoms with Crippen LogP contribution in [0.1, 0.15) is 159 Å². The Labute approximate surface area is 819 Å². The zero-order valence-electron chi connectivity index (χ0n) is 80.2. The molecule has 14 heterocycles. The second kappa shape index (κ2) is 46.2. The molecule has 2 aromatic carbocycles. The molecular weight excluding hydrogens is 1820 g/mol. The minimum Gasteiger partial charge on any atom is -0.384 e. The molecule has 0 aliphatic carbocycles. The van der Waals surface area contributed by atoms with Gasteiger partial charge in [0.15, 0.2) is 5.82 Å². The minimum atomic E-state index is -0.931. The van der Waals surface area contributed by atoms with Crippen LogP contribution in [0.3, 0.4) is 0 Å². The van der Waals surface area contributed by atoms with Gasteiger partial charge in [0.05, 0.1) is 47.4 Å². The monoisotopic (exact) mass is 1930 g/mol. The molecule has 140 heavy (non-hydrogen) atoms. The fourth-order valence-electron chi connectivity index (χ4n) is 18.0. The van der Waals surface area contributed by atoms with E-state index in [1.54, 1.807) is 185 Å². The first kappa shape index (κ1) is 102. The van der Waals surface area contributed by atoms with Gasteiger partial charge in [-0.1, -0.05) is 100 Å². The third kappa shape index (κ3) is 23.7. The number of nitrogen functional groups attached to an aromatic ring is 4. The van der Waals surface area contributed by atoms with E-state index in [9.17, 15) is 57.5 Å². The molecule has 38 heteroatoms. The molecule has 0 unspecified atom stereocenters.